The van der Waals surface area contributed by atoms with Crippen LogP contribution in [0.25, 0.3) is 0 Å². The van der Waals surface area contributed by atoms with Crippen molar-refractivity contribution in [2.75, 3.05) is 14.1 Å². The second-order valence-corrected chi connectivity index (χ2v) is 8.50. The van der Waals surface area contributed by atoms with Crippen molar-refractivity contribution in [3.63, 3.8) is 0 Å². The van der Waals surface area contributed by atoms with E-state index in [2.05, 4.69) is 0 Å². The van der Waals surface area contributed by atoms with Crippen LogP contribution in [0.3, 0.4) is 0 Å². The molecule has 5 nitrogen and oxygen atoms in total. The van der Waals surface area contributed by atoms with Gasteiger partial charge in [0, 0.05) is 31.7 Å². The van der Waals surface area contributed by atoms with Gasteiger partial charge in [-0.25, -0.2) is 12.7 Å². The summed E-state index contributed by atoms with van der Waals surface area (Å²) in [5.41, 5.74) is 0.352. The van der Waals surface area contributed by atoms with Crippen molar-refractivity contribution in [3.05, 3.63) is 28.8 Å². The van der Waals surface area contributed by atoms with Gasteiger partial charge in [0.1, 0.15) is 4.90 Å². The van der Waals surface area contributed by atoms with Crippen LogP contribution in [-0.4, -0.2) is 49.7 Å². The molecule has 0 atom stereocenters. The molecule has 1 amide bonds. The monoisotopic (exact) mass is 344 g/mol. The van der Waals surface area contributed by atoms with Gasteiger partial charge >= 0.3 is 0 Å². The molecule has 1 aromatic rings. The van der Waals surface area contributed by atoms with Gasteiger partial charge in [-0.3, -0.25) is 4.79 Å². The molecule has 1 saturated carbocycles. The molecular formula is C15H21ClN2O3S. The third-order valence-corrected chi connectivity index (χ3v) is 5.96. The van der Waals surface area contributed by atoms with Crippen LogP contribution in [0.4, 0.5) is 0 Å². The number of rotatable bonds is 5. The van der Waals surface area contributed by atoms with E-state index in [1.165, 1.54) is 26.2 Å². The van der Waals surface area contributed by atoms with Gasteiger partial charge in [-0.1, -0.05) is 11.6 Å². The molecule has 0 spiro atoms. The van der Waals surface area contributed by atoms with Crippen LogP contribution in [0.1, 0.15) is 37.0 Å². The van der Waals surface area contributed by atoms with Crippen molar-refractivity contribution in [1.29, 1.82) is 0 Å². The van der Waals surface area contributed by atoms with Gasteiger partial charge in [-0.2, -0.15) is 0 Å². The van der Waals surface area contributed by atoms with Crippen LogP contribution >= 0.6 is 11.6 Å². The van der Waals surface area contributed by atoms with E-state index < -0.39 is 10.0 Å². The summed E-state index contributed by atoms with van der Waals surface area (Å²) in [6, 6.07) is 4.76. The van der Waals surface area contributed by atoms with Crippen molar-refractivity contribution in [2.24, 2.45) is 0 Å². The maximum atomic E-state index is 12.7. The molecule has 0 saturated heterocycles. The van der Waals surface area contributed by atoms with E-state index in [9.17, 15) is 13.2 Å². The Balaban J connectivity index is 2.43. The van der Waals surface area contributed by atoms with Crippen molar-refractivity contribution >= 4 is 27.5 Å². The van der Waals surface area contributed by atoms with Crippen molar-refractivity contribution in [1.82, 2.24) is 9.21 Å². The molecule has 0 unspecified atom stereocenters. The molecule has 1 aromatic carbocycles. The highest BCUT2D eigenvalue weighted by Gasteiger charge is 2.35. The number of nitrogens with zero attached hydrogens (tertiary/aromatic N) is 2. The van der Waals surface area contributed by atoms with Gasteiger partial charge in [0.05, 0.1) is 5.02 Å². The molecule has 0 radical (unpaired) electrons. The Morgan fingerprint density at radius 2 is 1.86 bits per heavy atom. The number of carbonyl (C=O) groups excluding carboxylic acids is 1. The molecule has 0 bridgehead atoms. The standard InChI is InChI=1S/C15H21ClN2O3S/c1-10(2)18(12-6-7-12)15(19)11-5-8-13(16)14(9-11)22(20,21)17(3)4/h5,8-10,12H,6-7H2,1-4H3. The predicted octanol–water partition coefficient (Wildman–Crippen LogP) is 2.60. The number of hydrogen-bond acceptors (Lipinski definition) is 3. The first-order chi connectivity index (χ1) is 10.2. The average molecular weight is 345 g/mol. The third kappa shape index (κ3) is 3.29. The fourth-order valence-corrected chi connectivity index (χ4v) is 3.75. The zero-order valence-electron chi connectivity index (χ0n) is 13.2. The van der Waals surface area contributed by atoms with Crippen LogP contribution in [-0.2, 0) is 10.0 Å². The fraction of sp³-hybridized carbons (Fsp3) is 0.533. The summed E-state index contributed by atoms with van der Waals surface area (Å²) in [6.45, 7) is 3.92. The van der Waals surface area contributed by atoms with Gasteiger partial charge in [0.15, 0.2) is 0 Å². The molecule has 1 aliphatic carbocycles. The lowest BCUT2D eigenvalue weighted by atomic mass is 10.1. The largest absolute Gasteiger partial charge is 0.333 e. The van der Waals surface area contributed by atoms with Gasteiger partial charge in [-0.15, -0.1) is 0 Å². The first-order valence-corrected chi connectivity index (χ1v) is 9.02. The Bertz CT molecular complexity index is 680. The van der Waals surface area contributed by atoms with E-state index in [0.29, 0.717) is 5.56 Å². The Morgan fingerprint density at radius 1 is 1.27 bits per heavy atom. The molecule has 1 fully saturated rings. The Morgan fingerprint density at radius 3 is 2.32 bits per heavy atom. The molecule has 0 N–H and O–H groups in total. The van der Waals surface area contributed by atoms with Crippen LogP contribution in [0, 0.1) is 0 Å². The number of halogens is 1. The lowest BCUT2D eigenvalue weighted by Gasteiger charge is -2.27. The van der Waals surface area contributed by atoms with E-state index in [-0.39, 0.29) is 27.9 Å². The summed E-state index contributed by atoms with van der Waals surface area (Å²) in [6.07, 6.45) is 2.00. The van der Waals surface area contributed by atoms with Gasteiger partial charge in [0.2, 0.25) is 10.0 Å². The minimum absolute atomic E-state index is 0.0375. The highest BCUT2D eigenvalue weighted by Crippen LogP contribution is 2.31. The summed E-state index contributed by atoms with van der Waals surface area (Å²) in [5.74, 6) is -0.149. The zero-order chi connectivity index (χ0) is 16.7. The Hall–Kier alpha value is -1.11. The minimum Gasteiger partial charge on any atom is -0.333 e. The van der Waals surface area contributed by atoms with Gasteiger partial charge in [0.25, 0.3) is 5.91 Å². The number of amides is 1. The quantitative estimate of drug-likeness (QED) is 0.825. The summed E-state index contributed by atoms with van der Waals surface area (Å²) < 4.78 is 25.7. The smallest absolute Gasteiger partial charge is 0.254 e. The first kappa shape index (κ1) is 17.2. The lowest BCUT2D eigenvalue weighted by Crippen LogP contribution is -2.38. The topological polar surface area (TPSA) is 57.7 Å². The molecule has 2 rings (SSSR count). The fourth-order valence-electron chi connectivity index (χ4n) is 2.35. The van der Waals surface area contributed by atoms with E-state index in [0.717, 1.165) is 17.1 Å². The average Bonchev–Trinajstić information content (AvgIpc) is 3.23. The summed E-state index contributed by atoms with van der Waals surface area (Å²) in [5, 5.41) is 0.118. The molecule has 7 heteroatoms. The molecular weight excluding hydrogens is 324 g/mol. The van der Waals surface area contributed by atoms with Gasteiger partial charge < -0.3 is 4.90 Å². The van der Waals surface area contributed by atoms with E-state index >= 15 is 0 Å². The van der Waals surface area contributed by atoms with Crippen molar-refractivity contribution in [3.8, 4) is 0 Å². The minimum atomic E-state index is -3.68. The third-order valence-electron chi connectivity index (χ3n) is 3.67. The first-order valence-electron chi connectivity index (χ1n) is 7.21. The lowest BCUT2D eigenvalue weighted by molar-refractivity contribution is 0.0690. The van der Waals surface area contributed by atoms with E-state index in [1.807, 2.05) is 18.7 Å². The molecule has 1 aliphatic rings. The Labute approximate surface area is 136 Å². The number of hydrogen-bond donors (Lipinski definition) is 0. The molecule has 0 aliphatic heterocycles. The zero-order valence-corrected chi connectivity index (χ0v) is 14.8. The van der Waals surface area contributed by atoms with Gasteiger partial charge in [-0.05, 0) is 44.9 Å². The highest BCUT2D eigenvalue weighted by atomic mass is 35.5. The molecule has 0 aromatic heterocycles. The Kier molecular flexibility index (Phi) is 4.84. The van der Waals surface area contributed by atoms with Crippen molar-refractivity contribution in [2.45, 2.75) is 43.7 Å². The van der Waals surface area contributed by atoms with E-state index in [4.69, 9.17) is 11.6 Å². The normalized spacial score (nSPS) is 15.4. The van der Waals surface area contributed by atoms with E-state index in [1.54, 1.807) is 6.07 Å². The van der Waals surface area contributed by atoms with Crippen LogP contribution in [0.5, 0.6) is 0 Å². The van der Waals surface area contributed by atoms with Crippen molar-refractivity contribution < 1.29 is 13.2 Å². The number of sulfonamides is 1. The second kappa shape index (κ2) is 6.18. The van der Waals surface area contributed by atoms with Crippen LogP contribution in [0.15, 0.2) is 23.1 Å². The maximum Gasteiger partial charge on any atom is 0.254 e. The van der Waals surface area contributed by atoms with Crippen LogP contribution < -0.4 is 0 Å². The highest BCUT2D eigenvalue weighted by molar-refractivity contribution is 7.89. The molecule has 0 heterocycles. The summed E-state index contributed by atoms with van der Waals surface area (Å²) in [7, 11) is -0.813. The molecule has 22 heavy (non-hydrogen) atoms. The van der Waals surface area contributed by atoms with Crippen LogP contribution in [0.2, 0.25) is 5.02 Å². The number of benzene rings is 1. The SMILES string of the molecule is CC(C)N(C(=O)c1ccc(Cl)c(S(=O)(=O)N(C)C)c1)C1CC1. The molecule has 122 valence electrons. The summed E-state index contributed by atoms with van der Waals surface area (Å²) in [4.78, 5) is 14.5. The maximum absolute atomic E-state index is 12.7. The predicted molar refractivity (Wildman–Crippen MR) is 86.7 cm³/mol. The number of carbonyl (C=O) groups is 1. The second-order valence-electron chi connectivity index (χ2n) is 5.97. The summed E-state index contributed by atoms with van der Waals surface area (Å²) >= 11 is 6.02.